The third-order valence-electron chi connectivity index (χ3n) is 6.13. The number of carbonyl (C=O) groups is 1. The third-order valence-corrected chi connectivity index (χ3v) is 6.13. The maximum absolute atomic E-state index is 12.4. The molecule has 0 saturated heterocycles. The Hall–Kier alpha value is -2.13. The van der Waals surface area contributed by atoms with Crippen molar-refractivity contribution in [1.82, 2.24) is 0 Å². The summed E-state index contributed by atoms with van der Waals surface area (Å²) in [5, 5.41) is 9.09. The van der Waals surface area contributed by atoms with Gasteiger partial charge in [0, 0.05) is 0 Å². The van der Waals surface area contributed by atoms with Gasteiger partial charge in [-0.05, 0) is 57.7 Å². The highest BCUT2D eigenvalue weighted by Gasteiger charge is 2.48. The zero-order valence-electron chi connectivity index (χ0n) is 15.6. The van der Waals surface area contributed by atoms with Crippen LogP contribution in [0.2, 0.25) is 0 Å². The smallest absolute Gasteiger partial charge is 0.343 e. The number of rotatable bonds is 3. The average molecular weight is 338 g/mol. The Bertz CT molecular complexity index is 801. The molecule has 1 aliphatic carbocycles. The number of ether oxygens (including phenoxy) is 1. The van der Waals surface area contributed by atoms with Crippen LogP contribution >= 0.6 is 0 Å². The number of hydrogen-bond donors (Lipinski definition) is 1. The summed E-state index contributed by atoms with van der Waals surface area (Å²) in [5.41, 5.74) is 3.96. The van der Waals surface area contributed by atoms with Crippen molar-refractivity contribution in [2.24, 2.45) is 5.92 Å². The highest BCUT2D eigenvalue weighted by Crippen LogP contribution is 2.54. The molecule has 132 valence electrons. The van der Waals surface area contributed by atoms with Crippen LogP contribution in [0.1, 0.15) is 61.7 Å². The van der Waals surface area contributed by atoms with Gasteiger partial charge in [0.15, 0.2) is 0 Å². The summed E-state index contributed by atoms with van der Waals surface area (Å²) in [6.07, 6.45) is 0. The summed E-state index contributed by atoms with van der Waals surface area (Å²) in [5.74, 6) is 0.687. The van der Waals surface area contributed by atoms with E-state index >= 15 is 0 Å². The van der Waals surface area contributed by atoms with Crippen LogP contribution in [0.5, 0.6) is 5.75 Å². The molecule has 1 atom stereocenters. The SMILES string of the molecule is CC1C(C)(C)c2ccc(OC(=O)c3ccc(CO)cc3)cc2C1(C)C. The Morgan fingerprint density at radius 1 is 1.00 bits per heavy atom. The molecule has 0 aliphatic heterocycles. The van der Waals surface area contributed by atoms with Crippen LogP contribution in [0.4, 0.5) is 0 Å². The molecule has 0 fully saturated rings. The summed E-state index contributed by atoms with van der Waals surface area (Å²) in [6, 6.07) is 12.8. The summed E-state index contributed by atoms with van der Waals surface area (Å²) in [6.45, 7) is 11.3. The number of aliphatic hydroxyl groups excluding tert-OH is 1. The number of benzene rings is 2. The lowest BCUT2D eigenvalue weighted by atomic mass is 9.71. The first-order valence-electron chi connectivity index (χ1n) is 8.75. The standard InChI is InChI=1S/C22H26O3/c1-14-21(2,3)18-11-10-17(12-19(18)22(14,4)5)25-20(24)16-8-6-15(13-23)7-9-16/h6-12,14,23H,13H2,1-5H3. The minimum absolute atomic E-state index is 0.0318. The van der Waals surface area contributed by atoms with Gasteiger partial charge in [0.2, 0.25) is 0 Å². The van der Waals surface area contributed by atoms with Gasteiger partial charge in [-0.15, -0.1) is 0 Å². The van der Waals surface area contributed by atoms with Gasteiger partial charge in [-0.1, -0.05) is 52.8 Å². The van der Waals surface area contributed by atoms with E-state index in [4.69, 9.17) is 9.84 Å². The predicted octanol–water partition coefficient (Wildman–Crippen LogP) is 4.60. The second-order valence-electron chi connectivity index (χ2n) is 8.12. The quantitative estimate of drug-likeness (QED) is 0.657. The van der Waals surface area contributed by atoms with Crippen LogP contribution in [0, 0.1) is 5.92 Å². The van der Waals surface area contributed by atoms with E-state index in [9.17, 15) is 4.79 Å². The number of fused-ring (bicyclic) bond motifs is 1. The van der Waals surface area contributed by atoms with E-state index in [1.165, 1.54) is 11.1 Å². The van der Waals surface area contributed by atoms with Crippen molar-refractivity contribution >= 4 is 5.97 Å². The second kappa shape index (κ2) is 5.99. The minimum Gasteiger partial charge on any atom is -0.423 e. The molecule has 0 heterocycles. The van der Waals surface area contributed by atoms with Gasteiger partial charge in [-0.2, -0.15) is 0 Å². The van der Waals surface area contributed by atoms with E-state index in [1.807, 2.05) is 12.1 Å². The molecule has 1 N–H and O–H groups in total. The number of hydrogen-bond acceptors (Lipinski definition) is 3. The van der Waals surface area contributed by atoms with Crippen molar-refractivity contribution in [2.75, 3.05) is 0 Å². The lowest BCUT2D eigenvalue weighted by molar-refractivity contribution is 0.0734. The van der Waals surface area contributed by atoms with E-state index < -0.39 is 0 Å². The maximum Gasteiger partial charge on any atom is 0.343 e. The fraction of sp³-hybridized carbons (Fsp3) is 0.409. The second-order valence-corrected chi connectivity index (χ2v) is 8.12. The van der Waals surface area contributed by atoms with Crippen LogP contribution in [-0.4, -0.2) is 11.1 Å². The molecule has 0 bridgehead atoms. The molecule has 3 heteroatoms. The van der Waals surface area contributed by atoms with E-state index in [0.29, 0.717) is 17.2 Å². The van der Waals surface area contributed by atoms with E-state index in [0.717, 1.165) is 5.56 Å². The minimum atomic E-state index is -0.382. The van der Waals surface area contributed by atoms with Gasteiger partial charge in [-0.25, -0.2) is 4.79 Å². The summed E-state index contributed by atoms with van der Waals surface area (Å²) in [7, 11) is 0. The lowest BCUT2D eigenvalue weighted by Gasteiger charge is -2.32. The van der Waals surface area contributed by atoms with Crippen LogP contribution < -0.4 is 4.74 Å². The largest absolute Gasteiger partial charge is 0.423 e. The Kier molecular flexibility index (Phi) is 4.24. The molecule has 0 saturated carbocycles. The lowest BCUT2D eigenvalue weighted by Crippen LogP contribution is -2.30. The zero-order chi connectivity index (χ0) is 18.4. The Morgan fingerprint density at radius 3 is 2.20 bits per heavy atom. The molecular weight excluding hydrogens is 312 g/mol. The van der Waals surface area contributed by atoms with E-state index in [-0.39, 0.29) is 23.4 Å². The van der Waals surface area contributed by atoms with Gasteiger partial charge in [0.05, 0.1) is 12.2 Å². The molecule has 2 aromatic rings. The van der Waals surface area contributed by atoms with Crippen molar-refractivity contribution in [3.8, 4) is 5.75 Å². The van der Waals surface area contributed by atoms with Gasteiger partial charge >= 0.3 is 5.97 Å². The predicted molar refractivity (Wildman–Crippen MR) is 99.0 cm³/mol. The molecule has 1 unspecified atom stereocenters. The van der Waals surface area contributed by atoms with Crippen LogP contribution in [-0.2, 0) is 17.4 Å². The van der Waals surface area contributed by atoms with Crippen molar-refractivity contribution in [1.29, 1.82) is 0 Å². The van der Waals surface area contributed by atoms with Crippen molar-refractivity contribution in [2.45, 2.75) is 52.1 Å². The molecule has 0 radical (unpaired) electrons. The summed E-state index contributed by atoms with van der Waals surface area (Å²) < 4.78 is 5.59. The molecule has 3 nitrogen and oxygen atoms in total. The van der Waals surface area contributed by atoms with Gasteiger partial charge in [0.25, 0.3) is 0 Å². The number of esters is 1. The normalized spacial score (nSPS) is 20.2. The Labute approximate surface area is 149 Å². The van der Waals surface area contributed by atoms with Crippen molar-refractivity contribution < 1.29 is 14.6 Å². The van der Waals surface area contributed by atoms with Gasteiger partial charge in [-0.3, -0.25) is 0 Å². The van der Waals surface area contributed by atoms with Crippen LogP contribution in [0.15, 0.2) is 42.5 Å². The molecule has 3 rings (SSSR count). The molecule has 0 aromatic heterocycles. The van der Waals surface area contributed by atoms with Gasteiger partial charge < -0.3 is 9.84 Å². The van der Waals surface area contributed by atoms with Crippen LogP contribution in [0.3, 0.4) is 0 Å². The maximum atomic E-state index is 12.4. The van der Waals surface area contributed by atoms with E-state index in [2.05, 4.69) is 40.7 Å². The average Bonchev–Trinajstić information content (AvgIpc) is 2.73. The highest BCUT2D eigenvalue weighted by molar-refractivity contribution is 5.91. The zero-order valence-corrected chi connectivity index (χ0v) is 15.6. The molecule has 0 amide bonds. The summed E-state index contributed by atoms with van der Waals surface area (Å²) >= 11 is 0. The topological polar surface area (TPSA) is 46.5 Å². The Balaban J connectivity index is 1.88. The third kappa shape index (κ3) is 2.87. The Morgan fingerprint density at radius 2 is 1.60 bits per heavy atom. The highest BCUT2D eigenvalue weighted by atomic mass is 16.5. The van der Waals surface area contributed by atoms with Crippen molar-refractivity contribution in [3.05, 3.63) is 64.7 Å². The molecule has 1 aliphatic rings. The molecule has 2 aromatic carbocycles. The first-order chi connectivity index (χ1) is 11.7. The monoisotopic (exact) mass is 338 g/mol. The fourth-order valence-electron chi connectivity index (χ4n) is 3.96. The van der Waals surface area contributed by atoms with Crippen LogP contribution in [0.25, 0.3) is 0 Å². The summed E-state index contributed by atoms with van der Waals surface area (Å²) in [4.78, 5) is 12.4. The first kappa shape index (κ1) is 17.7. The fourth-order valence-corrected chi connectivity index (χ4v) is 3.96. The number of carbonyl (C=O) groups excluding carboxylic acids is 1. The number of aliphatic hydroxyl groups is 1. The molecule has 0 spiro atoms. The molecular formula is C22H26O3. The first-order valence-corrected chi connectivity index (χ1v) is 8.75. The van der Waals surface area contributed by atoms with Crippen molar-refractivity contribution in [3.63, 3.8) is 0 Å². The van der Waals surface area contributed by atoms with E-state index in [1.54, 1.807) is 24.3 Å². The molecule has 25 heavy (non-hydrogen) atoms. The van der Waals surface area contributed by atoms with Gasteiger partial charge in [0.1, 0.15) is 5.75 Å².